The SMILES string of the molecule is COc1ccccc1/C=C\c1nn2c(-c3ccccc3Br)nnc2s1. The van der Waals surface area contributed by atoms with E-state index in [-0.39, 0.29) is 0 Å². The molecule has 2 heterocycles. The number of methoxy groups -OCH3 is 1. The summed E-state index contributed by atoms with van der Waals surface area (Å²) in [4.78, 5) is 0.755. The lowest BCUT2D eigenvalue weighted by atomic mass is 10.2. The number of nitrogens with zero attached hydrogens (tertiary/aromatic N) is 4. The third kappa shape index (κ3) is 3.08. The van der Waals surface area contributed by atoms with Gasteiger partial charge in [0, 0.05) is 15.6 Å². The molecule has 0 amide bonds. The Hall–Kier alpha value is -2.51. The van der Waals surface area contributed by atoms with Crippen LogP contribution in [0.5, 0.6) is 5.75 Å². The molecule has 124 valence electrons. The van der Waals surface area contributed by atoms with Crippen LogP contribution in [0.3, 0.4) is 0 Å². The van der Waals surface area contributed by atoms with Crippen LogP contribution in [0.4, 0.5) is 0 Å². The highest BCUT2D eigenvalue weighted by Gasteiger charge is 2.14. The molecule has 5 nitrogen and oxygen atoms in total. The molecule has 25 heavy (non-hydrogen) atoms. The minimum absolute atomic E-state index is 0.718. The van der Waals surface area contributed by atoms with Gasteiger partial charge in [-0.25, -0.2) is 0 Å². The van der Waals surface area contributed by atoms with Crippen molar-refractivity contribution in [1.82, 2.24) is 19.8 Å². The van der Waals surface area contributed by atoms with Crippen molar-refractivity contribution in [3.8, 4) is 17.1 Å². The summed E-state index contributed by atoms with van der Waals surface area (Å²) in [5.74, 6) is 1.55. The van der Waals surface area contributed by atoms with E-state index in [9.17, 15) is 0 Å². The lowest BCUT2D eigenvalue weighted by Crippen LogP contribution is -1.91. The van der Waals surface area contributed by atoms with Crippen molar-refractivity contribution in [1.29, 1.82) is 0 Å². The first kappa shape index (κ1) is 16.0. The Bertz CT molecular complexity index is 1070. The van der Waals surface area contributed by atoms with Crippen LogP contribution < -0.4 is 4.74 Å². The summed E-state index contributed by atoms with van der Waals surface area (Å²) in [6, 6.07) is 15.8. The van der Waals surface area contributed by atoms with Crippen molar-refractivity contribution in [3.63, 3.8) is 0 Å². The Labute approximate surface area is 156 Å². The van der Waals surface area contributed by atoms with Crippen molar-refractivity contribution in [2.24, 2.45) is 0 Å². The van der Waals surface area contributed by atoms with Crippen LogP contribution in [0.15, 0.2) is 53.0 Å². The number of ether oxygens (including phenoxy) is 1. The second-order valence-corrected chi connectivity index (χ2v) is 7.06. The first-order chi connectivity index (χ1) is 12.3. The average molecular weight is 413 g/mol. The van der Waals surface area contributed by atoms with Crippen LogP contribution in [0.25, 0.3) is 28.5 Å². The smallest absolute Gasteiger partial charge is 0.235 e. The van der Waals surface area contributed by atoms with E-state index in [4.69, 9.17) is 4.74 Å². The van der Waals surface area contributed by atoms with Crippen LogP contribution in [0, 0.1) is 0 Å². The second kappa shape index (κ2) is 6.78. The number of para-hydroxylation sites is 1. The van der Waals surface area contributed by atoms with Gasteiger partial charge < -0.3 is 4.74 Å². The molecule has 7 heteroatoms. The molecule has 0 aliphatic rings. The van der Waals surface area contributed by atoms with Gasteiger partial charge in [-0.15, -0.1) is 10.2 Å². The van der Waals surface area contributed by atoms with E-state index in [1.54, 1.807) is 11.6 Å². The predicted octanol–water partition coefficient (Wildman–Crippen LogP) is 4.79. The molecule has 0 saturated carbocycles. The molecule has 0 radical (unpaired) electrons. The second-order valence-electron chi connectivity index (χ2n) is 5.21. The lowest BCUT2D eigenvalue weighted by Gasteiger charge is -2.02. The Morgan fingerprint density at radius 1 is 1.04 bits per heavy atom. The Balaban J connectivity index is 1.71. The highest BCUT2D eigenvalue weighted by Crippen LogP contribution is 2.28. The third-order valence-electron chi connectivity index (χ3n) is 3.67. The molecule has 4 aromatic rings. The van der Waals surface area contributed by atoms with E-state index in [1.807, 2.05) is 60.7 Å². The minimum Gasteiger partial charge on any atom is -0.496 e. The van der Waals surface area contributed by atoms with Crippen molar-refractivity contribution in [2.45, 2.75) is 0 Å². The zero-order valence-corrected chi connectivity index (χ0v) is 15.7. The molecule has 0 fully saturated rings. The zero-order chi connectivity index (χ0) is 17.2. The van der Waals surface area contributed by atoms with Crippen molar-refractivity contribution in [2.75, 3.05) is 7.11 Å². The van der Waals surface area contributed by atoms with Crippen molar-refractivity contribution >= 4 is 44.4 Å². The van der Waals surface area contributed by atoms with Gasteiger partial charge in [-0.2, -0.15) is 9.61 Å². The monoisotopic (exact) mass is 412 g/mol. The maximum Gasteiger partial charge on any atom is 0.235 e. The summed E-state index contributed by atoms with van der Waals surface area (Å²) < 4.78 is 8.10. The molecule has 0 aliphatic heterocycles. The molecule has 0 spiro atoms. The molecule has 2 aromatic heterocycles. The summed E-state index contributed by atoms with van der Waals surface area (Å²) in [6.45, 7) is 0. The van der Waals surface area contributed by atoms with Gasteiger partial charge >= 0.3 is 0 Å². The number of rotatable bonds is 4. The van der Waals surface area contributed by atoms with Gasteiger partial charge in [0.15, 0.2) is 5.82 Å². The van der Waals surface area contributed by atoms with Gasteiger partial charge in [-0.1, -0.05) is 57.6 Å². The van der Waals surface area contributed by atoms with Gasteiger partial charge in [0.1, 0.15) is 10.8 Å². The maximum atomic E-state index is 5.37. The first-order valence-corrected chi connectivity index (χ1v) is 9.15. The van der Waals surface area contributed by atoms with E-state index in [0.29, 0.717) is 0 Å². The summed E-state index contributed by atoms with van der Waals surface area (Å²) in [6.07, 6.45) is 3.95. The third-order valence-corrected chi connectivity index (χ3v) is 5.22. The van der Waals surface area contributed by atoms with Crippen LogP contribution in [-0.4, -0.2) is 26.9 Å². The van der Waals surface area contributed by atoms with Gasteiger partial charge in [0.2, 0.25) is 4.96 Å². The zero-order valence-electron chi connectivity index (χ0n) is 13.3. The molecular weight excluding hydrogens is 400 g/mol. The van der Waals surface area contributed by atoms with E-state index < -0.39 is 0 Å². The summed E-state index contributed by atoms with van der Waals surface area (Å²) >= 11 is 5.04. The van der Waals surface area contributed by atoms with E-state index in [0.717, 1.165) is 37.1 Å². The first-order valence-electron chi connectivity index (χ1n) is 7.54. The molecule has 0 N–H and O–H groups in total. The van der Waals surface area contributed by atoms with E-state index in [2.05, 4.69) is 31.2 Å². The molecule has 2 aromatic carbocycles. The Kier molecular flexibility index (Phi) is 4.33. The molecule has 0 aliphatic carbocycles. The Morgan fingerprint density at radius 2 is 1.84 bits per heavy atom. The molecular formula is C18H13BrN4OS. The average Bonchev–Trinajstić information content (AvgIpc) is 3.21. The number of aromatic nitrogens is 4. The lowest BCUT2D eigenvalue weighted by molar-refractivity contribution is 0.414. The number of halogens is 1. The molecule has 0 unspecified atom stereocenters. The topological polar surface area (TPSA) is 52.3 Å². The molecule has 4 rings (SSSR count). The highest BCUT2D eigenvalue weighted by atomic mass is 79.9. The largest absolute Gasteiger partial charge is 0.496 e. The molecule has 0 saturated heterocycles. The number of benzene rings is 2. The molecule has 0 bridgehead atoms. The fraction of sp³-hybridized carbons (Fsp3) is 0.0556. The quantitative estimate of drug-likeness (QED) is 0.483. The van der Waals surface area contributed by atoms with Gasteiger partial charge in [0.25, 0.3) is 0 Å². The van der Waals surface area contributed by atoms with Crippen LogP contribution in [0.2, 0.25) is 0 Å². The maximum absolute atomic E-state index is 5.37. The van der Waals surface area contributed by atoms with Crippen LogP contribution in [0.1, 0.15) is 10.6 Å². The molecule has 0 atom stereocenters. The Morgan fingerprint density at radius 3 is 2.68 bits per heavy atom. The number of hydrogen-bond acceptors (Lipinski definition) is 5. The van der Waals surface area contributed by atoms with Crippen LogP contribution >= 0.6 is 27.3 Å². The fourth-order valence-corrected chi connectivity index (χ4v) is 3.68. The van der Waals surface area contributed by atoms with Gasteiger partial charge in [-0.05, 0) is 30.4 Å². The number of fused-ring (bicyclic) bond motifs is 1. The van der Waals surface area contributed by atoms with Crippen molar-refractivity contribution < 1.29 is 4.74 Å². The summed E-state index contributed by atoms with van der Waals surface area (Å²) in [5.41, 5.74) is 1.96. The van der Waals surface area contributed by atoms with E-state index in [1.165, 1.54) is 11.3 Å². The minimum atomic E-state index is 0.718. The normalized spacial score (nSPS) is 11.4. The highest BCUT2D eigenvalue weighted by molar-refractivity contribution is 9.10. The standard InChI is InChI=1S/C18H13BrN4OS/c1-24-15-9-5-2-6-12(15)10-11-16-22-23-17(20-21-18(23)25-16)13-7-3-4-8-14(13)19/h2-11H,1H3/b11-10-. The summed E-state index contributed by atoms with van der Waals surface area (Å²) in [7, 11) is 1.67. The van der Waals surface area contributed by atoms with E-state index >= 15 is 0 Å². The van der Waals surface area contributed by atoms with Gasteiger partial charge in [0.05, 0.1) is 7.11 Å². The van der Waals surface area contributed by atoms with Crippen molar-refractivity contribution in [3.05, 3.63) is 63.6 Å². The fourth-order valence-electron chi connectivity index (χ4n) is 2.47. The predicted molar refractivity (Wildman–Crippen MR) is 104 cm³/mol. The number of hydrogen-bond donors (Lipinski definition) is 0. The van der Waals surface area contributed by atoms with Gasteiger partial charge in [-0.3, -0.25) is 0 Å². The summed E-state index contributed by atoms with van der Waals surface area (Å²) in [5, 5.41) is 14.0. The van der Waals surface area contributed by atoms with Crippen LogP contribution in [-0.2, 0) is 0 Å².